The normalized spacial score (nSPS) is 10.9. The lowest BCUT2D eigenvalue weighted by Gasteiger charge is -2.09. The number of rotatable bonds is 3. The summed E-state index contributed by atoms with van der Waals surface area (Å²) in [6.07, 6.45) is 0. The van der Waals surface area contributed by atoms with Crippen LogP contribution in [0.5, 0.6) is 5.75 Å². The van der Waals surface area contributed by atoms with Gasteiger partial charge in [-0.2, -0.15) is 8.78 Å². The van der Waals surface area contributed by atoms with Crippen molar-refractivity contribution in [3.63, 3.8) is 0 Å². The largest absolute Gasteiger partial charge is 0.497 e. The lowest BCUT2D eigenvalue weighted by molar-refractivity contribution is -0.130. The topological polar surface area (TPSA) is 38.3 Å². The first-order valence-electron chi connectivity index (χ1n) is 3.95. The summed E-state index contributed by atoms with van der Waals surface area (Å²) in [7, 11) is 1.47. The number of methoxy groups -OCH3 is 1. The van der Waals surface area contributed by atoms with Gasteiger partial charge >= 0.3 is 11.3 Å². The molecule has 0 spiro atoms. The van der Waals surface area contributed by atoms with Gasteiger partial charge in [0.15, 0.2) is 0 Å². The van der Waals surface area contributed by atoms with Gasteiger partial charge in [-0.05, 0) is 35.9 Å². The molecule has 1 N–H and O–H groups in total. The predicted molar refractivity (Wildman–Crippen MR) is 52.4 cm³/mol. The van der Waals surface area contributed by atoms with Crippen molar-refractivity contribution >= 4 is 23.2 Å². The van der Waals surface area contributed by atoms with Crippen LogP contribution in [-0.2, 0) is 4.79 Å². The van der Waals surface area contributed by atoms with Gasteiger partial charge in [0, 0.05) is 5.69 Å². The van der Waals surface area contributed by atoms with E-state index >= 15 is 0 Å². The molecule has 1 aromatic carbocycles. The van der Waals surface area contributed by atoms with E-state index in [0.29, 0.717) is 5.75 Å². The quantitative estimate of drug-likeness (QED) is 0.818. The van der Waals surface area contributed by atoms with E-state index in [-0.39, 0.29) is 5.69 Å². The van der Waals surface area contributed by atoms with Crippen molar-refractivity contribution in [1.29, 1.82) is 0 Å². The summed E-state index contributed by atoms with van der Waals surface area (Å²) in [5.74, 6) is -1.00. The summed E-state index contributed by atoms with van der Waals surface area (Å²) in [4.78, 5) is 10.8. The van der Waals surface area contributed by atoms with Crippen LogP contribution in [0.2, 0.25) is 0 Å². The third kappa shape index (κ3) is 3.36. The SMILES string of the molecule is COc1ccc(NC(=O)C(F)(F)Cl)cc1. The molecule has 0 aliphatic rings. The number of halogens is 3. The summed E-state index contributed by atoms with van der Waals surface area (Å²) in [5.41, 5.74) is 0.223. The molecular formula is C9H8ClF2NO2. The molecule has 15 heavy (non-hydrogen) atoms. The molecule has 1 amide bonds. The minimum absolute atomic E-state index is 0.223. The van der Waals surface area contributed by atoms with Crippen LogP contribution in [0.1, 0.15) is 0 Å². The maximum atomic E-state index is 12.3. The van der Waals surface area contributed by atoms with Gasteiger partial charge in [0.25, 0.3) is 0 Å². The molecule has 0 saturated heterocycles. The highest BCUT2D eigenvalue weighted by Crippen LogP contribution is 2.22. The lowest BCUT2D eigenvalue weighted by Crippen LogP contribution is -2.28. The van der Waals surface area contributed by atoms with Crippen LogP contribution in [0.25, 0.3) is 0 Å². The van der Waals surface area contributed by atoms with Gasteiger partial charge in [-0.15, -0.1) is 0 Å². The number of ether oxygens (including phenoxy) is 1. The molecule has 0 saturated carbocycles. The van der Waals surface area contributed by atoms with E-state index in [9.17, 15) is 13.6 Å². The number of benzene rings is 1. The van der Waals surface area contributed by atoms with Crippen molar-refractivity contribution in [1.82, 2.24) is 0 Å². The van der Waals surface area contributed by atoms with E-state index in [0.717, 1.165) is 0 Å². The number of anilines is 1. The van der Waals surface area contributed by atoms with Gasteiger partial charge in [0.1, 0.15) is 5.75 Å². The summed E-state index contributed by atoms with van der Waals surface area (Å²) >= 11 is 4.52. The van der Waals surface area contributed by atoms with Crippen LogP contribution in [0.4, 0.5) is 14.5 Å². The Kier molecular flexibility index (Phi) is 3.47. The van der Waals surface area contributed by atoms with Crippen molar-refractivity contribution in [2.75, 3.05) is 12.4 Å². The molecule has 0 aliphatic heterocycles. The number of amides is 1. The molecule has 0 unspecified atom stereocenters. The van der Waals surface area contributed by atoms with Gasteiger partial charge in [-0.1, -0.05) is 0 Å². The number of alkyl halides is 3. The minimum Gasteiger partial charge on any atom is -0.497 e. The monoisotopic (exact) mass is 235 g/mol. The van der Waals surface area contributed by atoms with Crippen LogP contribution in [0.3, 0.4) is 0 Å². The van der Waals surface area contributed by atoms with E-state index in [1.165, 1.54) is 31.4 Å². The van der Waals surface area contributed by atoms with Crippen molar-refractivity contribution in [3.8, 4) is 5.75 Å². The molecule has 1 rings (SSSR count). The van der Waals surface area contributed by atoms with Gasteiger partial charge in [0.2, 0.25) is 0 Å². The van der Waals surface area contributed by atoms with Crippen LogP contribution in [-0.4, -0.2) is 18.4 Å². The summed E-state index contributed by atoms with van der Waals surface area (Å²) in [6.45, 7) is 0. The maximum Gasteiger partial charge on any atom is 0.400 e. The van der Waals surface area contributed by atoms with E-state index in [2.05, 4.69) is 11.6 Å². The molecular weight excluding hydrogens is 228 g/mol. The molecule has 1 aromatic rings. The Morgan fingerprint density at radius 3 is 2.33 bits per heavy atom. The molecule has 0 aromatic heterocycles. The van der Waals surface area contributed by atoms with Crippen molar-refractivity contribution < 1.29 is 18.3 Å². The van der Waals surface area contributed by atoms with Crippen LogP contribution >= 0.6 is 11.6 Å². The highest BCUT2D eigenvalue weighted by Gasteiger charge is 2.35. The summed E-state index contributed by atoms with van der Waals surface area (Å²) in [6, 6.07) is 5.92. The van der Waals surface area contributed by atoms with Gasteiger partial charge in [-0.25, -0.2) is 0 Å². The Bertz CT molecular complexity index is 348. The smallest absolute Gasteiger partial charge is 0.400 e. The van der Waals surface area contributed by atoms with Crippen LogP contribution < -0.4 is 10.1 Å². The summed E-state index contributed by atoms with van der Waals surface area (Å²) < 4.78 is 29.4. The Labute approximate surface area is 90.0 Å². The Morgan fingerprint density at radius 1 is 1.40 bits per heavy atom. The molecule has 0 atom stereocenters. The highest BCUT2D eigenvalue weighted by atomic mass is 35.5. The van der Waals surface area contributed by atoms with Crippen LogP contribution in [0.15, 0.2) is 24.3 Å². The number of carbonyl (C=O) groups is 1. The van der Waals surface area contributed by atoms with Crippen molar-refractivity contribution in [3.05, 3.63) is 24.3 Å². The zero-order valence-corrected chi connectivity index (χ0v) is 8.52. The van der Waals surface area contributed by atoms with Gasteiger partial charge in [-0.3, -0.25) is 4.79 Å². The molecule has 0 bridgehead atoms. The molecule has 82 valence electrons. The number of carbonyl (C=O) groups excluding carboxylic acids is 1. The molecule has 0 radical (unpaired) electrons. The standard InChI is InChI=1S/C9H8ClF2NO2/c1-15-7-4-2-6(3-5-7)13-8(14)9(10,11)12/h2-5H,1H3,(H,13,14). The average Bonchev–Trinajstić information content (AvgIpc) is 2.17. The highest BCUT2D eigenvalue weighted by molar-refractivity contribution is 6.33. The molecule has 0 heterocycles. The first-order chi connectivity index (χ1) is 6.93. The zero-order valence-electron chi connectivity index (χ0n) is 7.76. The first kappa shape index (κ1) is 11.7. The van der Waals surface area contributed by atoms with E-state index in [1.807, 2.05) is 5.32 Å². The molecule has 0 aliphatic carbocycles. The van der Waals surface area contributed by atoms with Gasteiger partial charge in [0.05, 0.1) is 7.11 Å². The second kappa shape index (κ2) is 4.44. The first-order valence-corrected chi connectivity index (χ1v) is 4.33. The predicted octanol–water partition coefficient (Wildman–Crippen LogP) is 2.47. The maximum absolute atomic E-state index is 12.3. The van der Waals surface area contributed by atoms with Crippen LogP contribution in [0, 0.1) is 0 Å². The van der Waals surface area contributed by atoms with Crippen molar-refractivity contribution in [2.24, 2.45) is 0 Å². The second-order valence-electron chi connectivity index (χ2n) is 2.68. The number of hydrogen-bond acceptors (Lipinski definition) is 2. The molecule has 6 heteroatoms. The molecule has 3 nitrogen and oxygen atoms in total. The fraction of sp³-hybridized carbons (Fsp3) is 0.222. The Morgan fingerprint density at radius 2 is 1.93 bits per heavy atom. The Hall–Kier alpha value is -1.36. The van der Waals surface area contributed by atoms with E-state index in [1.54, 1.807) is 0 Å². The number of hydrogen-bond donors (Lipinski definition) is 1. The Balaban J connectivity index is 2.70. The van der Waals surface area contributed by atoms with E-state index in [4.69, 9.17) is 4.74 Å². The third-order valence-corrected chi connectivity index (χ3v) is 1.78. The minimum atomic E-state index is -3.90. The fourth-order valence-electron chi connectivity index (χ4n) is 0.876. The third-order valence-electron chi connectivity index (χ3n) is 1.61. The lowest BCUT2D eigenvalue weighted by atomic mass is 10.3. The van der Waals surface area contributed by atoms with Crippen molar-refractivity contribution in [2.45, 2.75) is 5.38 Å². The summed E-state index contributed by atoms with van der Waals surface area (Å²) in [5, 5.41) is -1.95. The zero-order chi connectivity index (χ0) is 11.5. The fourth-order valence-corrected chi connectivity index (χ4v) is 0.924. The number of nitrogens with one attached hydrogen (secondary N) is 1. The molecule has 0 fully saturated rings. The average molecular weight is 236 g/mol. The van der Waals surface area contributed by atoms with E-state index < -0.39 is 11.3 Å². The second-order valence-corrected chi connectivity index (χ2v) is 3.16. The van der Waals surface area contributed by atoms with Gasteiger partial charge < -0.3 is 10.1 Å².